The summed E-state index contributed by atoms with van der Waals surface area (Å²) in [6.07, 6.45) is 0. The molecule has 2 rings (SSSR count). The Hall–Kier alpha value is -1.99. The first-order chi connectivity index (χ1) is 10.0. The van der Waals surface area contributed by atoms with Gasteiger partial charge in [0.05, 0.1) is 15.5 Å². The predicted octanol–water partition coefficient (Wildman–Crippen LogP) is 4.01. The Morgan fingerprint density at radius 3 is 2.81 bits per heavy atom. The van der Waals surface area contributed by atoms with Crippen molar-refractivity contribution in [1.82, 2.24) is 5.32 Å². The number of nitro groups is 1. The summed E-state index contributed by atoms with van der Waals surface area (Å²) in [6, 6.07) is 9.21. The molecule has 0 aliphatic rings. The Morgan fingerprint density at radius 1 is 1.38 bits per heavy atom. The van der Waals surface area contributed by atoms with Crippen LogP contribution in [0.5, 0.6) is 11.5 Å². The SMILES string of the molecule is CNCc1cccc(Oc2cc(Br)c(F)cc2[N+](=O)[O-])c1. The second kappa shape index (κ2) is 6.64. The lowest BCUT2D eigenvalue weighted by Crippen LogP contribution is -2.04. The monoisotopic (exact) mass is 354 g/mol. The molecule has 21 heavy (non-hydrogen) atoms. The zero-order valence-corrected chi connectivity index (χ0v) is 12.7. The maximum Gasteiger partial charge on any atom is 0.314 e. The van der Waals surface area contributed by atoms with E-state index in [9.17, 15) is 14.5 Å². The molecule has 1 N–H and O–H groups in total. The molecule has 0 unspecified atom stereocenters. The lowest BCUT2D eigenvalue weighted by atomic mass is 10.2. The van der Waals surface area contributed by atoms with Gasteiger partial charge in [0.25, 0.3) is 0 Å². The zero-order chi connectivity index (χ0) is 15.4. The van der Waals surface area contributed by atoms with Crippen molar-refractivity contribution in [2.24, 2.45) is 0 Å². The van der Waals surface area contributed by atoms with Crippen molar-refractivity contribution in [2.75, 3.05) is 7.05 Å². The number of halogens is 2. The first kappa shape index (κ1) is 15.4. The largest absolute Gasteiger partial charge is 0.450 e. The van der Waals surface area contributed by atoms with Gasteiger partial charge < -0.3 is 10.1 Å². The van der Waals surface area contributed by atoms with Crippen molar-refractivity contribution >= 4 is 21.6 Å². The van der Waals surface area contributed by atoms with E-state index < -0.39 is 16.4 Å². The van der Waals surface area contributed by atoms with Crippen LogP contribution in [0.1, 0.15) is 5.56 Å². The molecule has 0 fully saturated rings. The maximum atomic E-state index is 13.4. The summed E-state index contributed by atoms with van der Waals surface area (Å²) in [5.74, 6) is -0.280. The summed E-state index contributed by atoms with van der Waals surface area (Å²) in [6.45, 7) is 0.645. The number of benzene rings is 2. The summed E-state index contributed by atoms with van der Waals surface area (Å²) in [4.78, 5) is 10.3. The first-order valence-corrected chi connectivity index (χ1v) is 6.85. The molecule has 0 aliphatic heterocycles. The molecule has 110 valence electrons. The van der Waals surface area contributed by atoms with E-state index in [4.69, 9.17) is 4.74 Å². The standard InChI is InChI=1S/C14H12BrFN2O3/c1-17-8-9-3-2-4-10(5-9)21-14-6-11(15)12(16)7-13(14)18(19)20/h2-7,17H,8H2,1H3. The Balaban J connectivity index is 2.36. The molecule has 2 aromatic carbocycles. The predicted molar refractivity (Wildman–Crippen MR) is 80.0 cm³/mol. The molecule has 0 saturated heterocycles. The lowest BCUT2D eigenvalue weighted by molar-refractivity contribution is -0.385. The van der Waals surface area contributed by atoms with Gasteiger partial charge in [-0.1, -0.05) is 12.1 Å². The number of nitrogens with one attached hydrogen (secondary N) is 1. The number of nitro benzene ring substituents is 1. The smallest absolute Gasteiger partial charge is 0.314 e. The van der Waals surface area contributed by atoms with Crippen molar-refractivity contribution < 1.29 is 14.1 Å². The van der Waals surface area contributed by atoms with E-state index in [-0.39, 0.29) is 10.2 Å². The van der Waals surface area contributed by atoms with Crippen LogP contribution in [0.15, 0.2) is 40.9 Å². The molecule has 0 heterocycles. The van der Waals surface area contributed by atoms with Crippen molar-refractivity contribution in [1.29, 1.82) is 0 Å². The molecule has 0 aliphatic carbocycles. The highest BCUT2D eigenvalue weighted by molar-refractivity contribution is 9.10. The van der Waals surface area contributed by atoms with E-state index in [2.05, 4.69) is 21.2 Å². The maximum absolute atomic E-state index is 13.4. The van der Waals surface area contributed by atoms with Crippen LogP contribution in [0.3, 0.4) is 0 Å². The third-order valence-electron chi connectivity index (χ3n) is 2.71. The minimum Gasteiger partial charge on any atom is -0.450 e. The molecule has 0 aromatic heterocycles. The highest BCUT2D eigenvalue weighted by Gasteiger charge is 2.19. The minimum atomic E-state index is -0.710. The third-order valence-corrected chi connectivity index (χ3v) is 3.31. The topological polar surface area (TPSA) is 64.4 Å². The molecule has 0 saturated carbocycles. The second-order valence-corrected chi connectivity index (χ2v) is 5.13. The minimum absolute atomic E-state index is 0.0186. The number of rotatable bonds is 5. The summed E-state index contributed by atoms with van der Waals surface area (Å²) in [7, 11) is 1.81. The highest BCUT2D eigenvalue weighted by atomic mass is 79.9. The second-order valence-electron chi connectivity index (χ2n) is 4.27. The summed E-state index contributed by atoms with van der Waals surface area (Å²) in [5.41, 5.74) is 0.550. The highest BCUT2D eigenvalue weighted by Crippen LogP contribution is 2.35. The zero-order valence-electron chi connectivity index (χ0n) is 11.1. The van der Waals surface area contributed by atoms with Crippen molar-refractivity contribution in [2.45, 2.75) is 6.54 Å². The molecule has 0 spiro atoms. The van der Waals surface area contributed by atoms with Gasteiger partial charge in [-0.15, -0.1) is 0 Å². The first-order valence-electron chi connectivity index (χ1n) is 6.06. The average Bonchev–Trinajstić information content (AvgIpc) is 2.43. The van der Waals surface area contributed by atoms with Crippen LogP contribution in [-0.4, -0.2) is 12.0 Å². The van der Waals surface area contributed by atoms with E-state index in [1.807, 2.05) is 13.1 Å². The van der Waals surface area contributed by atoms with Gasteiger partial charge in [0.15, 0.2) is 0 Å². The van der Waals surface area contributed by atoms with E-state index in [0.29, 0.717) is 12.3 Å². The van der Waals surface area contributed by atoms with E-state index in [1.165, 1.54) is 6.07 Å². The Labute approximate surface area is 129 Å². The van der Waals surface area contributed by atoms with Gasteiger partial charge in [-0.3, -0.25) is 10.1 Å². The summed E-state index contributed by atoms with van der Waals surface area (Å²) >= 11 is 2.99. The Kier molecular flexibility index (Phi) is 4.87. The van der Waals surface area contributed by atoms with Crippen molar-refractivity contribution in [3.8, 4) is 11.5 Å². The van der Waals surface area contributed by atoms with Gasteiger partial charge in [-0.2, -0.15) is 0 Å². The molecular weight excluding hydrogens is 343 g/mol. The molecule has 2 aromatic rings. The van der Waals surface area contributed by atoms with Gasteiger partial charge in [0.2, 0.25) is 5.75 Å². The Bertz CT molecular complexity index is 679. The van der Waals surface area contributed by atoms with Crippen LogP contribution >= 0.6 is 15.9 Å². The third kappa shape index (κ3) is 3.77. The van der Waals surface area contributed by atoms with Gasteiger partial charge in [0.1, 0.15) is 11.6 Å². The number of hydrogen-bond acceptors (Lipinski definition) is 4. The van der Waals surface area contributed by atoms with Crippen LogP contribution in [0.4, 0.5) is 10.1 Å². The van der Waals surface area contributed by atoms with E-state index >= 15 is 0 Å². The lowest BCUT2D eigenvalue weighted by Gasteiger charge is -2.09. The van der Waals surface area contributed by atoms with Crippen molar-refractivity contribution in [3.63, 3.8) is 0 Å². The fourth-order valence-electron chi connectivity index (χ4n) is 1.79. The molecule has 0 radical (unpaired) electrons. The summed E-state index contributed by atoms with van der Waals surface area (Å²) in [5, 5.41) is 14.0. The summed E-state index contributed by atoms with van der Waals surface area (Å²) < 4.78 is 19.0. The number of ether oxygens (including phenoxy) is 1. The fourth-order valence-corrected chi connectivity index (χ4v) is 2.11. The fraction of sp³-hybridized carbons (Fsp3) is 0.143. The number of hydrogen-bond donors (Lipinski definition) is 1. The quantitative estimate of drug-likeness (QED) is 0.650. The van der Waals surface area contributed by atoms with Crippen molar-refractivity contribution in [3.05, 3.63) is 62.4 Å². The normalized spacial score (nSPS) is 10.4. The van der Waals surface area contributed by atoms with Crippen LogP contribution in [-0.2, 0) is 6.54 Å². The van der Waals surface area contributed by atoms with E-state index in [0.717, 1.165) is 11.6 Å². The van der Waals surface area contributed by atoms with Gasteiger partial charge >= 0.3 is 5.69 Å². The van der Waals surface area contributed by atoms with Crippen LogP contribution < -0.4 is 10.1 Å². The van der Waals surface area contributed by atoms with E-state index in [1.54, 1.807) is 18.2 Å². The molecule has 5 nitrogen and oxygen atoms in total. The van der Waals surface area contributed by atoms with Gasteiger partial charge in [-0.05, 0) is 40.7 Å². The molecule has 0 atom stereocenters. The van der Waals surface area contributed by atoms with Gasteiger partial charge in [0, 0.05) is 12.6 Å². The average molecular weight is 355 g/mol. The molecular formula is C14H12BrFN2O3. The molecule has 0 bridgehead atoms. The molecule has 0 amide bonds. The molecule has 7 heteroatoms. The van der Waals surface area contributed by atoms with Crippen LogP contribution in [0.2, 0.25) is 0 Å². The van der Waals surface area contributed by atoms with Crippen LogP contribution in [0.25, 0.3) is 0 Å². The van der Waals surface area contributed by atoms with Crippen LogP contribution in [0, 0.1) is 15.9 Å². The number of nitrogens with zero attached hydrogens (tertiary/aromatic N) is 1. The van der Waals surface area contributed by atoms with Gasteiger partial charge in [-0.25, -0.2) is 4.39 Å². The Morgan fingerprint density at radius 2 is 2.14 bits per heavy atom.